The number of methoxy groups -OCH3 is 1. The molecular formula is C70H84F3N17O12. The zero-order valence-electron chi connectivity index (χ0n) is 56.7. The molecule has 4 aliphatic heterocycles. The van der Waals surface area contributed by atoms with Crippen molar-refractivity contribution < 1.29 is 71.0 Å². The average molecular weight is 1410 g/mol. The molecule has 29 nitrogen and oxygen atoms in total. The lowest BCUT2D eigenvalue weighted by molar-refractivity contribution is -0.144. The second-order valence-electron chi connectivity index (χ2n) is 26.3. The molecule has 3 aromatic heterocycles. The highest BCUT2D eigenvalue weighted by Crippen LogP contribution is 2.31. The molecule has 0 radical (unpaired) electrons. The molecule has 4 aromatic carbocycles. The van der Waals surface area contributed by atoms with Gasteiger partial charge >= 0.3 is 6.03 Å². The van der Waals surface area contributed by atoms with E-state index in [0.29, 0.717) is 58.6 Å². The number of aliphatic hydroxyl groups is 1. The number of H-pyrrole nitrogens is 2. The van der Waals surface area contributed by atoms with Crippen molar-refractivity contribution in [3.8, 4) is 11.4 Å². The number of imide groups is 1. The van der Waals surface area contributed by atoms with Gasteiger partial charge in [-0.05, 0) is 155 Å². The third-order valence-electron chi connectivity index (χ3n) is 18.8. The zero-order chi connectivity index (χ0) is 73.1. The number of hydrogen-bond acceptors (Lipinski definition) is 16. The number of hydrogen-bond donors (Lipinski definition) is 13. The molecule has 15 N–H and O–H groups in total. The highest BCUT2D eigenvalue weighted by atomic mass is 19.1. The van der Waals surface area contributed by atoms with E-state index in [1.54, 1.807) is 61.7 Å². The number of aromatic amines is 2. The van der Waals surface area contributed by atoms with Gasteiger partial charge in [-0.2, -0.15) is 0 Å². The lowest BCUT2D eigenvalue weighted by atomic mass is 9.99. The fraction of sp³-hybridized carbons (Fsp3) is 0.429. The van der Waals surface area contributed by atoms with Crippen LogP contribution in [0.15, 0.2) is 104 Å². The Labute approximate surface area is 583 Å². The number of fused-ring (bicyclic) bond motifs is 26. The summed E-state index contributed by atoms with van der Waals surface area (Å²) >= 11 is 0. The number of aromatic nitrogens is 5. The Kier molecular flexibility index (Phi) is 23.7. The number of benzene rings is 4. The van der Waals surface area contributed by atoms with Gasteiger partial charge in [-0.15, -0.1) is 5.10 Å². The fourth-order valence-electron chi connectivity index (χ4n) is 13.4. The van der Waals surface area contributed by atoms with E-state index >= 15 is 23.2 Å². The zero-order valence-corrected chi connectivity index (χ0v) is 56.7. The van der Waals surface area contributed by atoms with Gasteiger partial charge in [-0.1, -0.05) is 29.5 Å². The minimum Gasteiger partial charge on any atom is -0.497 e. The molecule has 542 valence electrons. The summed E-state index contributed by atoms with van der Waals surface area (Å²) in [5.74, 6) is -9.03. The molecule has 11 rings (SSSR count). The van der Waals surface area contributed by atoms with Crippen LogP contribution >= 0.6 is 0 Å². The number of carbonyl (C=O) groups is 10. The number of primary amides is 1. The molecule has 11 amide bonds. The maximum atomic E-state index is 16.2. The SMILES string of the molecule is COc1ccc(CC2NC(=O)[C@H]([C@H](C)O)NC(=O)[C@@H]3C[C@H](F)CN3C(=O)[C@@H](Cc3c[nH]c4ccc(F)cc34)NC(=O)[C@@H](Cc3c[nH]c4ccc(F)cc34)NC(=O)NC(=O)[C@H](CCCCN)NC(=O)[C@H](NC(C)=O)CCc3cn(nn3)-c3ccc(cc3)C[C@@H](C(N)=O)N[C@]3(C)CCCN3C2=O)cc1. The Bertz CT molecular complexity index is 4240. The van der Waals surface area contributed by atoms with E-state index in [1.807, 2.05) is 0 Å². The minimum absolute atomic E-state index is 0.0534. The first-order valence-electron chi connectivity index (χ1n) is 33.7. The van der Waals surface area contributed by atoms with Crippen LogP contribution in [0.2, 0.25) is 0 Å². The molecule has 4 bridgehead atoms. The monoisotopic (exact) mass is 1410 g/mol. The van der Waals surface area contributed by atoms with Gasteiger partial charge in [-0.25, -0.2) is 22.6 Å². The first-order valence-corrected chi connectivity index (χ1v) is 33.7. The van der Waals surface area contributed by atoms with Crippen molar-refractivity contribution in [1.82, 2.24) is 77.3 Å². The number of aliphatic hydroxyl groups excluding tert-OH is 1. The van der Waals surface area contributed by atoms with Crippen LogP contribution in [0.3, 0.4) is 0 Å². The minimum atomic E-state index is -1.89. The standard InChI is InChI=1S/C70H84F3N17O12/c1-37(91)60-66(98)81-57(27-40-11-18-48(102-4)19-12-40)68(100)89-25-7-23-70(89,3)85-55(61(75)93)26-39-9-16-47(17-10-39)90-36-46(86-87-90)15-22-54(78-38(2)92)62(94)79-53(8-5-6-24-74)63(95)84-69(101)82-56(28-41-33-76-51-20-13-43(71)30-49(41)51)64(96)80-58(29-42-34-77-52-21-14-44(72)31-50(42)52)67(99)88-35-45(73)32-59(88)65(97)83-60/h9-14,16-21,30-31,33-34,36-37,45,53-60,76-77,85,91H,5-8,15,22-29,32,35,74H2,1-4H3,(H2,75,93)(H,78,92)(H,79,94)(H,80,96)(H,81,98)(H,83,97)(H2,82,84,95,101)/t37-,45-,53-,54+,55-,56+,57?,58+,59-,60-,70-/m0/s1. The van der Waals surface area contributed by atoms with E-state index < -0.39 is 163 Å². The fourth-order valence-corrected chi connectivity index (χ4v) is 13.4. The Morgan fingerprint density at radius 1 is 0.765 bits per heavy atom. The lowest BCUT2D eigenvalue weighted by Gasteiger charge is -2.40. The molecule has 7 heterocycles. The average Bonchev–Trinajstić information content (AvgIpc) is 1.63. The number of halogens is 3. The van der Waals surface area contributed by atoms with Crippen molar-refractivity contribution in [3.05, 3.63) is 143 Å². The predicted molar refractivity (Wildman–Crippen MR) is 365 cm³/mol. The topological polar surface area (TPSA) is 417 Å². The summed E-state index contributed by atoms with van der Waals surface area (Å²) in [6.07, 6.45) is 0.620. The van der Waals surface area contributed by atoms with Gasteiger partial charge in [0.25, 0.3) is 5.91 Å². The highest BCUT2D eigenvalue weighted by molar-refractivity contribution is 6.02. The number of nitrogens with zero attached hydrogens (tertiary/aromatic N) is 5. The first-order chi connectivity index (χ1) is 48.8. The summed E-state index contributed by atoms with van der Waals surface area (Å²) in [6.45, 7) is 3.72. The Morgan fingerprint density at radius 3 is 2.03 bits per heavy atom. The van der Waals surface area contributed by atoms with Gasteiger partial charge in [0.2, 0.25) is 47.3 Å². The van der Waals surface area contributed by atoms with E-state index in [-0.39, 0.29) is 73.5 Å². The quantitative estimate of drug-likeness (QED) is 0.0688. The number of alkyl halides is 1. The van der Waals surface area contributed by atoms with E-state index in [2.05, 4.69) is 62.8 Å². The summed E-state index contributed by atoms with van der Waals surface area (Å²) in [4.78, 5) is 153. The number of amides is 11. The number of ether oxygens (including phenoxy) is 1. The van der Waals surface area contributed by atoms with Crippen LogP contribution in [-0.4, -0.2) is 192 Å². The number of carbonyl (C=O) groups excluding carboxylic acids is 10. The molecule has 0 saturated carbocycles. The molecule has 0 spiro atoms. The molecular weight excluding hydrogens is 1330 g/mol. The van der Waals surface area contributed by atoms with Crippen molar-refractivity contribution in [2.45, 2.75) is 164 Å². The van der Waals surface area contributed by atoms with E-state index in [0.717, 1.165) is 4.90 Å². The summed E-state index contributed by atoms with van der Waals surface area (Å²) < 4.78 is 53.0. The van der Waals surface area contributed by atoms with Gasteiger partial charge < -0.3 is 73.0 Å². The molecule has 7 aromatic rings. The molecule has 11 atom stereocenters. The second kappa shape index (κ2) is 32.7. The largest absolute Gasteiger partial charge is 0.497 e. The summed E-state index contributed by atoms with van der Waals surface area (Å²) in [6, 6.07) is 7.57. The number of aryl methyl sites for hydroxylation is 1. The van der Waals surface area contributed by atoms with Gasteiger partial charge in [0.1, 0.15) is 65.8 Å². The highest BCUT2D eigenvalue weighted by Gasteiger charge is 2.47. The summed E-state index contributed by atoms with van der Waals surface area (Å²) in [5.41, 5.74) is 14.1. The number of nitrogens with one attached hydrogen (secondary N) is 10. The predicted octanol–water partition coefficient (Wildman–Crippen LogP) is 1.60. The van der Waals surface area contributed by atoms with Gasteiger partial charge in [0.05, 0.1) is 49.0 Å². The molecule has 4 aliphatic rings. The van der Waals surface area contributed by atoms with Crippen LogP contribution < -0.4 is 58.7 Å². The summed E-state index contributed by atoms with van der Waals surface area (Å²) in [5, 5.41) is 41.6. The van der Waals surface area contributed by atoms with Gasteiger partial charge in [0.15, 0.2) is 0 Å². The van der Waals surface area contributed by atoms with Crippen LogP contribution in [0.1, 0.15) is 93.7 Å². The maximum absolute atomic E-state index is 16.2. The Morgan fingerprint density at radius 2 is 1.40 bits per heavy atom. The molecule has 1 unspecified atom stereocenters. The van der Waals surface area contributed by atoms with E-state index in [1.165, 1.54) is 79.3 Å². The number of nitrogens with two attached hydrogens (primary N) is 2. The lowest BCUT2D eigenvalue weighted by Crippen LogP contribution is -2.65. The van der Waals surface area contributed by atoms with Gasteiger partial charge in [0, 0.05) is 73.4 Å². The van der Waals surface area contributed by atoms with Crippen LogP contribution in [0.4, 0.5) is 18.0 Å². The third kappa shape index (κ3) is 18.1. The van der Waals surface area contributed by atoms with Gasteiger partial charge in [-0.3, -0.25) is 53.8 Å². The first kappa shape index (κ1) is 74.0. The second-order valence-corrected chi connectivity index (χ2v) is 26.3. The Balaban J connectivity index is 1.01. The molecule has 0 aliphatic carbocycles. The van der Waals surface area contributed by atoms with Crippen molar-refractivity contribution in [3.63, 3.8) is 0 Å². The number of unbranched alkanes of at least 4 members (excludes halogenated alkanes) is 1. The molecule has 102 heavy (non-hydrogen) atoms. The van der Waals surface area contributed by atoms with Crippen LogP contribution in [0.25, 0.3) is 27.5 Å². The molecule has 32 heteroatoms. The molecule has 2 saturated heterocycles. The number of rotatable bonds is 14. The van der Waals surface area contributed by atoms with Crippen LogP contribution in [-0.2, 0) is 75.3 Å². The normalized spacial score (nSPS) is 24.5. The van der Waals surface area contributed by atoms with Crippen molar-refractivity contribution in [1.29, 1.82) is 0 Å². The Hall–Kier alpha value is -10.7. The van der Waals surface area contributed by atoms with Crippen molar-refractivity contribution >= 4 is 81.0 Å². The van der Waals surface area contributed by atoms with E-state index in [9.17, 15) is 43.1 Å². The van der Waals surface area contributed by atoms with Crippen molar-refractivity contribution in [2.24, 2.45) is 11.5 Å². The maximum Gasteiger partial charge on any atom is 0.322 e. The smallest absolute Gasteiger partial charge is 0.322 e. The van der Waals surface area contributed by atoms with Crippen molar-refractivity contribution in [2.75, 3.05) is 26.7 Å². The van der Waals surface area contributed by atoms with E-state index in [4.69, 9.17) is 16.2 Å². The van der Waals surface area contributed by atoms with Crippen LogP contribution in [0, 0.1) is 11.6 Å². The molecule has 2 fully saturated rings. The third-order valence-corrected chi connectivity index (χ3v) is 18.8. The number of urea groups is 1. The van der Waals surface area contributed by atoms with Crippen LogP contribution in [0.5, 0.6) is 5.75 Å². The summed E-state index contributed by atoms with van der Waals surface area (Å²) in [7, 11) is 1.47.